The maximum absolute atomic E-state index is 6.18. The molecular formula is C57H55BN2O. The van der Waals surface area contributed by atoms with Crippen LogP contribution in [0.2, 0.25) is 0 Å². The van der Waals surface area contributed by atoms with Crippen molar-refractivity contribution in [3.63, 3.8) is 0 Å². The standard InChI is InChI=1S/C57H55BN2O/c1-36-30-51-54-52(31-36)60(48-28-23-40(56(5,6)7)33-44(48)37-16-12-11-13-17-37)50-27-20-38(45-35-61-53-19-15-14-18-43(45)53)32-46(50)58(54)47-34-41(57(8,9)10)24-29-49(47)59(51)42-25-21-39(22-26-42)55(2,3)4/h11-35H,1-10H3. The summed E-state index contributed by atoms with van der Waals surface area (Å²) in [7, 11) is 0. The van der Waals surface area contributed by atoms with Crippen molar-refractivity contribution in [2.75, 3.05) is 9.80 Å². The summed E-state index contributed by atoms with van der Waals surface area (Å²) in [5.74, 6) is 0. The molecule has 1 aromatic heterocycles. The van der Waals surface area contributed by atoms with Crippen LogP contribution in [0.15, 0.2) is 156 Å². The number of hydrogen-bond acceptors (Lipinski definition) is 3. The Morgan fingerprint density at radius 3 is 1.69 bits per heavy atom. The molecule has 10 rings (SSSR count). The zero-order chi connectivity index (χ0) is 42.6. The number of para-hydroxylation sites is 1. The van der Waals surface area contributed by atoms with E-state index in [1.165, 1.54) is 83.9 Å². The topological polar surface area (TPSA) is 19.6 Å². The van der Waals surface area contributed by atoms with Gasteiger partial charge in [-0.3, -0.25) is 0 Å². The van der Waals surface area contributed by atoms with Gasteiger partial charge in [-0.1, -0.05) is 153 Å². The summed E-state index contributed by atoms with van der Waals surface area (Å²) in [5, 5.41) is 1.12. The zero-order valence-corrected chi connectivity index (χ0v) is 37.3. The highest BCUT2D eigenvalue weighted by molar-refractivity contribution is 7.00. The lowest BCUT2D eigenvalue weighted by Crippen LogP contribution is -2.61. The first-order valence-electron chi connectivity index (χ1n) is 21.9. The van der Waals surface area contributed by atoms with E-state index in [1.807, 2.05) is 12.3 Å². The summed E-state index contributed by atoms with van der Waals surface area (Å²) in [6, 6.07) is 55.0. The minimum absolute atomic E-state index is 0.0186. The summed E-state index contributed by atoms with van der Waals surface area (Å²) < 4.78 is 6.18. The monoisotopic (exact) mass is 794 g/mol. The van der Waals surface area contributed by atoms with Crippen molar-refractivity contribution in [2.24, 2.45) is 0 Å². The highest BCUT2D eigenvalue weighted by Crippen LogP contribution is 2.48. The van der Waals surface area contributed by atoms with Crippen LogP contribution in [-0.2, 0) is 16.2 Å². The van der Waals surface area contributed by atoms with Crippen LogP contribution in [0.3, 0.4) is 0 Å². The highest BCUT2D eigenvalue weighted by Gasteiger charge is 2.44. The number of aryl methyl sites for hydroxylation is 1. The molecule has 0 radical (unpaired) electrons. The molecule has 3 nitrogen and oxygen atoms in total. The largest absolute Gasteiger partial charge is 0.464 e. The molecule has 7 aromatic carbocycles. The van der Waals surface area contributed by atoms with Gasteiger partial charge in [0.25, 0.3) is 6.71 Å². The lowest BCUT2D eigenvalue weighted by Gasteiger charge is -2.45. The molecule has 0 bridgehead atoms. The van der Waals surface area contributed by atoms with Crippen LogP contribution in [0.4, 0.5) is 34.1 Å². The van der Waals surface area contributed by atoms with Gasteiger partial charge < -0.3 is 14.2 Å². The van der Waals surface area contributed by atoms with Gasteiger partial charge in [-0.25, -0.2) is 0 Å². The molecule has 0 unspecified atom stereocenters. The Kier molecular flexibility index (Phi) is 8.86. The molecule has 0 saturated carbocycles. The normalized spacial score (nSPS) is 13.6. The molecule has 0 spiro atoms. The summed E-state index contributed by atoms with van der Waals surface area (Å²) in [6.07, 6.45) is 1.93. The van der Waals surface area contributed by atoms with Gasteiger partial charge in [0.05, 0.1) is 12.0 Å². The first-order chi connectivity index (χ1) is 29.1. The molecule has 61 heavy (non-hydrogen) atoms. The summed E-state index contributed by atoms with van der Waals surface area (Å²) in [6.45, 7) is 23.0. The van der Waals surface area contributed by atoms with Gasteiger partial charge in [-0.15, -0.1) is 0 Å². The Morgan fingerprint density at radius 2 is 1.00 bits per heavy atom. The molecule has 2 aliphatic heterocycles. The molecule has 2 aliphatic rings. The molecule has 302 valence electrons. The van der Waals surface area contributed by atoms with E-state index in [4.69, 9.17) is 4.42 Å². The van der Waals surface area contributed by atoms with Crippen molar-refractivity contribution < 1.29 is 4.42 Å². The number of nitrogens with zero attached hydrogens (tertiary/aromatic N) is 2. The van der Waals surface area contributed by atoms with E-state index in [0.29, 0.717) is 0 Å². The van der Waals surface area contributed by atoms with E-state index in [0.717, 1.165) is 22.1 Å². The molecule has 0 amide bonds. The van der Waals surface area contributed by atoms with Crippen LogP contribution in [-0.4, -0.2) is 6.71 Å². The minimum atomic E-state index is -0.0366. The summed E-state index contributed by atoms with van der Waals surface area (Å²) >= 11 is 0. The number of furan rings is 1. The number of hydrogen-bond donors (Lipinski definition) is 0. The number of benzene rings is 7. The second kappa shape index (κ2) is 13.9. The molecule has 8 aromatic rings. The van der Waals surface area contributed by atoms with Crippen molar-refractivity contribution in [3.05, 3.63) is 174 Å². The molecule has 0 aliphatic carbocycles. The molecule has 0 saturated heterocycles. The van der Waals surface area contributed by atoms with E-state index in [9.17, 15) is 0 Å². The Labute approximate surface area is 362 Å². The third kappa shape index (κ3) is 6.50. The van der Waals surface area contributed by atoms with Gasteiger partial charge in [0.15, 0.2) is 0 Å². The predicted molar refractivity (Wildman–Crippen MR) is 262 cm³/mol. The van der Waals surface area contributed by atoms with Gasteiger partial charge >= 0.3 is 0 Å². The van der Waals surface area contributed by atoms with Gasteiger partial charge in [-0.2, -0.15) is 0 Å². The smallest absolute Gasteiger partial charge is 0.252 e. The fourth-order valence-corrected chi connectivity index (χ4v) is 9.67. The van der Waals surface area contributed by atoms with Gasteiger partial charge in [0.2, 0.25) is 0 Å². The lowest BCUT2D eigenvalue weighted by molar-refractivity contribution is 0.590. The Hall–Kier alpha value is -6.26. The molecular weight excluding hydrogens is 739 g/mol. The first-order valence-corrected chi connectivity index (χ1v) is 21.9. The second-order valence-corrected chi connectivity index (χ2v) is 20.4. The fraction of sp³-hybridized carbons (Fsp3) is 0.228. The molecule has 3 heterocycles. The van der Waals surface area contributed by atoms with Gasteiger partial charge in [0, 0.05) is 45.0 Å². The molecule has 0 N–H and O–H groups in total. The molecule has 4 heteroatoms. The highest BCUT2D eigenvalue weighted by atomic mass is 16.3. The van der Waals surface area contributed by atoms with Crippen molar-refractivity contribution in [3.8, 4) is 22.3 Å². The SMILES string of the molecule is Cc1cc2c3c(c1)N(c1ccc(C(C)(C)C)cc1-c1ccccc1)c1ccc(-c4coc5ccccc45)cc1B3c1cc(C(C)(C)C)ccc1N2c1ccc(C(C)(C)C)cc1. The van der Waals surface area contributed by atoms with Crippen LogP contribution >= 0.6 is 0 Å². The average Bonchev–Trinajstić information content (AvgIpc) is 3.67. The van der Waals surface area contributed by atoms with Crippen LogP contribution in [0.1, 0.15) is 84.6 Å². The van der Waals surface area contributed by atoms with E-state index < -0.39 is 0 Å². The maximum atomic E-state index is 6.18. The Balaban J connectivity index is 1.31. The third-order valence-corrected chi connectivity index (χ3v) is 13.0. The van der Waals surface area contributed by atoms with Crippen LogP contribution < -0.4 is 26.2 Å². The van der Waals surface area contributed by atoms with Crippen LogP contribution in [0.5, 0.6) is 0 Å². The molecule has 0 fully saturated rings. The lowest BCUT2D eigenvalue weighted by atomic mass is 9.33. The van der Waals surface area contributed by atoms with E-state index in [1.54, 1.807) is 0 Å². The third-order valence-electron chi connectivity index (χ3n) is 13.0. The van der Waals surface area contributed by atoms with E-state index in [-0.39, 0.29) is 23.0 Å². The van der Waals surface area contributed by atoms with E-state index >= 15 is 0 Å². The number of rotatable bonds is 4. The average molecular weight is 795 g/mol. The summed E-state index contributed by atoms with van der Waals surface area (Å²) in [5.41, 5.74) is 21.9. The second-order valence-electron chi connectivity index (χ2n) is 20.4. The Morgan fingerprint density at radius 1 is 0.443 bits per heavy atom. The Bertz CT molecular complexity index is 2990. The van der Waals surface area contributed by atoms with Gasteiger partial charge in [-0.05, 0) is 128 Å². The van der Waals surface area contributed by atoms with E-state index in [2.05, 4.69) is 219 Å². The fourth-order valence-electron chi connectivity index (χ4n) is 9.67. The zero-order valence-electron chi connectivity index (χ0n) is 37.3. The minimum Gasteiger partial charge on any atom is -0.464 e. The van der Waals surface area contributed by atoms with Crippen LogP contribution in [0.25, 0.3) is 33.2 Å². The molecule has 0 atom stereocenters. The van der Waals surface area contributed by atoms with Crippen molar-refractivity contribution in [1.29, 1.82) is 0 Å². The summed E-state index contributed by atoms with van der Waals surface area (Å²) in [4.78, 5) is 5.11. The predicted octanol–water partition coefficient (Wildman–Crippen LogP) is 14.1. The maximum Gasteiger partial charge on any atom is 0.252 e. The quantitative estimate of drug-likeness (QED) is 0.165. The van der Waals surface area contributed by atoms with Gasteiger partial charge in [0.1, 0.15) is 5.58 Å². The van der Waals surface area contributed by atoms with Crippen molar-refractivity contribution in [1.82, 2.24) is 0 Å². The number of fused-ring (bicyclic) bond motifs is 5. The number of anilines is 6. The van der Waals surface area contributed by atoms with Crippen molar-refractivity contribution in [2.45, 2.75) is 85.5 Å². The van der Waals surface area contributed by atoms with Crippen LogP contribution in [0, 0.1) is 6.92 Å². The first kappa shape index (κ1) is 38.9. The van der Waals surface area contributed by atoms with Crippen molar-refractivity contribution >= 4 is 68.2 Å².